The number of hydrogen-bond donors (Lipinski definition) is 0. The Hall–Kier alpha value is -1.41. The maximum atomic E-state index is 12.9. The van der Waals surface area contributed by atoms with Crippen LogP contribution < -0.4 is 10.6 Å². The van der Waals surface area contributed by atoms with Crippen LogP contribution in [0.25, 0.3) is 0 Å². The highest BCUT2D eigenvalue weighted by atomic mass is 31.2. The largest absolute Gasteiger partial charge is 0.291 e. The van der Waals surface area contributed by atoms with E-state index in [1.165, 1.54) is 7.11 Å². The Morgan fingerprint density at radius 2 is 1.24 bits per heavy atom. The van der Waals surface area contributed by atoms with Crippen molar-refractivity contribution in [1.29, 1.82) is 0 Å². The van der Waals surface area contributed by atoms with Crippen LogP contribution in [0.5, 0.6) is 0 Å². The van der Waals surface area contributed by atoms with E-state index < -0.39 is 7.37 Å². The molecule has 0 unspecified atom stereocenters. The molecule has 2 aromatic carbocycles. The molecule has 0 bridgehead atoms. The lowest BCUT2D eigenvalue weighted by Crippen LogP contribution is -2.17. The van der Waals surface area contributed by atoms with Crippen molar-refractivity contribution in [3.05, 3.63) is 60.7 Å². The molecule has 2 aromatic rings. The van der Waals surface area contributed by atoms with Gasteiger partial charge in [-0.3, -0.25) is 4.57 Å². The molecule has 0 aromatic heterocycles. The van der Waals surface area contributed by atoms with E-state index in [2.05, 4.69) is 4.89 Å². The first-order valence-electron chi connectivity index (χ1n) is 5.21. The second-order valence-electron chi connectivity index (χ2n) is 3.46. The molecule has 0 aliphatic carbocycles. The van der Waals surface area contributed by atoms with Gasteiger partial charge in [0.2, 0.25) is 0 Å². The molecule has 0 amide bonds. The van der Waals surface area contributed by atoms with Crippen LogP contribution in [0.4, 0.5) is 0 Å². The summed E-state index contributed by atoms with van der Waals surface area (Å²) in [6, 6.07) is 18.1. The van der Waals surface area contributed by atoms with Gasteiger partial charge in [0.15, 0.2) is 0 Å². The third-order valence-corrected chi connectivity index (χ3v) is 4.69. The summed E-state index contributed by atoms with van der Waals surface area (Å²) in [6.07, 6.45) is 0. The summed E-state index contributed by atoms with van der Waals surface area (Å²) in [5.41, 5.74) is 0. The van der Waals surface area contributed by atoms with Gasteiger partial charge in [0, 0.05) is 10.6 Å². The lowest BCUT2D eigenvalue weighted by atomic mass is 10.4. The molecule has 0 atom stereocenters. The molecule has 0 aliphatic heterocycles. The summed E-state index contributed by atoms with van der Waals surface area (Å²) in [6.45, 7) is 0. The van der Waals surface area contributed by atoms with E-state index in [0.717, 1.165) is 0 Å². The zero-order chi connectivity index (χ0) is 12.1. The van der Waals surface area contributed by atoms with Gasteiger partial charge >= 0.3 is 0 Å². The van der Waals surface area contributed by atoms with E-state index >= 15 is 0 Å². The predicted octanol–water partition coefficient (Wildman–Crippen LogP) is 2.49. The lowest BCUT2D eigenvalue weighted by Gasteiger charge is -2.16. The first-order valence-corrected chi connectivity index (χ1v) is 6.83. The van der Waals surface area contributed by atoms with Crippen LogP contribution in [0.3, 0.4) is 0 Å². The van der Waals surface area contributed by atoms with Crippen molar-refractivity contribution in [1.82, 2.24) is 0 Å². The van der Waals surface area contributed by atoms with Crippen molar-refractivity contribution in [3.63, 3.8) is 0 Å². The van der Waals surface area contributed by atoms with Crippen LogP contribution in [0, 0.1) is 0 Å². The molecular formula is C13H13O3P. The SMILES string of the molecule is COOP(=O)(c1ccccc1)c1ccccc1. The van der Waals surface area contributed by atoms with Gasteiger partial charge in [0.1, 0.15) is 0 Å². The average molecular weight is 248 g/mol. The second-order valence-corrected chi connectivity index (χ2v) is 5.75. The highest BCUT2D eigenvalue weighted by Gasteiger charge is 2.29. The molecule has 4 heteroatoms. The van der Waals surface area contributed by atoms with E-state index in [4.69, 9.17) is 4.67 Å². The highest BCUT2D eigenvalue weighted by molar-refractivity contribution is 7.74. The first kappa shape index (κ1) is 12.1. The van der Waals surface area contributed by atoms with Crippen molar-refractivity contribution >= 4 is 18.0 Å². The molecule has 0 saturated heterocycles. The first-order chi connectivity index (χ1) is 8.27. The third kappa shape index (κ3) is 2.47. The number of benzene rings is 2. The Morgan fingerprint density at radius 3 is 1.59 bits per heavy atom. The van der Waals surface area contributed by atoms with Crippen molar-refractivity contribution in [2.45, 2.75) is 0 Å². The van der Waals surface area contributed by atoms with Gasteiger partial charge in [-0.25, -0.2) is 4.89 Å². The van der Waals surface area contributed by atoms with Crippen LogP contribution in [0.15, 0.2) is 60.7 Å². The van der Waals surface area contributed by atoms with Gasteiger partial charge in [-0.1, -0.05) is 36.4 Å². The normalized spacial score (nSPS) is 11.4. The zero-order valence-corrected chi connectivity index (χ0v) is 10.3. The Kier molecular flexibility index (Phi) is 3.75. The fourth-order valence-corrected chi connectivity index (χ4v) is 3.40. The molecule has 0 heterocycles. The van der Waals surface area contributed by atoms with E-state index in [1.807, 2.05) is 36.4 Å². The molecule has 0 N–H and O–H groups in total. The Bertz CT molecular complexity index is 467. The van der Waals surface area contributed by atoms with Crippen molar-refractivity contribution < 1.29 is 14.1 Å². The van der Waals surface area contributed by atoms with Gasteiger partial charge < -0.3 is 0 Å². The standard InChI is InChI=1S/C13H13O3P/c1-15-16-17(14,12-8-4-2-5-9-12)13-10-6-3-7-11-13/h2-11H,1H3. The summed E-state index contributed by atoms with van der Waals surface area (Å²) >= 11 is 0. The Labute approximate surface area is 100 Å². The third-order valence-electron chi connectivity index (χ3n) is 2.37. The summed E-state index contributed by atoms with van der Waals surface area (Å²) in [5.74, 6) is 0. The topological polar surface area (TPSA) is 35.5 Å². The van der Waals surface area contributed by atoms with E-state index in [-0.39, 0.29) is 0 Å². The van der Waals surface area contributed by atoms with Gasteiger partial charge in [0.05, 0.1) is 7.11 Å². The fraction of sp³-hybridized carbons (Fsp3) is 0.0769. The number of rotatable bonds is 4. The zero-order valence-electron chi connectivity index (χ0n) is 9.45. The molecule has 0 radical (unpaired) electrons. The number of hydrogen-bond acceptors (Lipinski definition) is 3. The van der Waals surface area contributed by atoms with Gasteiger partial charge in [-0.05, 0) is 24.3 Å². The monoisotopic (exact) mass is 248 g/mol. The molecule has 0 saturated carbocycles. The van der Waals surface area contributed by atoms with Crippen LogP contribution in [-0.2, 0) is 14.1 Å². The van der Waals surface area contributed by atoms with Gasteiger partial charge in [-0.2, -0.15) is 4.67 Å². The minimum Gasteiger partial charge on any atom is -0.280 e. The lowest BCUT2D eigenvalue weighted by molar-refractivity contribution is -0.173. The van der Waals surface area contributed by atoms with E-state index in [1.54, 1.807) is 24.3 Å². The second kappa shape index (κ2) is 5.28. The Morgan fingerprint density at radius 1 is 0.824 bits per heavy atom. The van der Waals surface area contributed by atoms with Gasteiger partial charge in [-0.15, -0.1) is 0 Å². The van der Waals surface area contributed by atoms with Crippen LogP contribution in [0.2, 0.25) is 0 Å². The fourth-order valence-electron chi connectivity index (χ4n) is 1.59. The van der Waals surface area contributed by atoms with Crippen molar-refractivity contribution in [3.8, 4) is 0 Å². The maximum Gasteiger partial charge on any atom is 0.291 e. The minimum absolute atomic E-state index is 0.619. The summed E-state index contributed by atoms with van der Waals surface area (Å²) in [5, 5.41) is 1.24. The van der Waals surface area contributed by atoms with Gasteiger partial charge in [0.25, 0.3) is 7.37 Å². The van der Waals surface area contributed by atoms with E-state index in [0.29, 0.717) is 10.6 Å². The molecule has 17 heavy (non-hydrogen) atoms. The van der Waals surface area contributed by atoms with E-state index in [9.17, 15) is 4.57 Å². The summed E-state index contributed by atoms with van der Waals surface area (Å²) in [4.78, 5) is 4.65. The van der Waals surface area contributed by atoms with Crippen LogP contribution in [0.1, 0.15) is 0 Å². The maximum absolute atomic E-state index is 12.9. The quantitative estimate of drug-likeness (QED) is 0.473. The Balaban J connectivity index is 2.51. The average Bonchev–Trinajstić information content (AvgIpc) is 2.41. The molecule has 0 spiro atoms. The smallest absolute Gasteiger partial charge is 0.280 e. The van der Waals surface area contributed by atoms with Crippen molar-refractivity contribution in [2.24, 2.45) is 0 Å². The van der Waals surface area contributed by atoms with Crippen LogP contribution in [-0.4, -0.2) is 7.11 Å². The summed E-state index contributed by atoms with van der Waals surface area (Å²) in [7, 11) is -1.79. The van der Waals surface area contributed by atoms with Crippen LogP contribution >= 0.6 is 7.37 Å². The molecule has 0 aliphatic rings. The molecule has 2 rings (SSSR count). The highest BCUT2D eigenvalue weighted by Crippen LogP contribution is 2.44. The molecule has 88 valence electrons. The summed E-state index contributed by atoms with van der Waals surface area (Å²) < 4.78 is 17.9. The predicted molar refractivity (Wildman–Crippen MR) is 67.9 cm³/mol. The molecule has 3 nitrogen and oxygen atoms in total. The minimum atomic E-state index is -3.15. The van der Waals surface area contributed by atoms with Crippen molar-refractivity contribution in [2.75, 3.05) is 7.11 Å². The molecular weight excluding hydrogens is 235 g/mol. The molecule has 0 fully saturated rings.